The first-order chi connectivity index (χ1) is 7.47. The number of aliphatic hydroxyl groups excluding tert-OH is 1. The van der Waals surface area contributed by atoms with Gasteiger partial charge in [0, 0.05) is 0 Å². The molecule has 1 unspecified atom stereocenters. The van der Waals surface area contributed by atoms with Gasteiger partial charge in [-0.2, -0.15) is 0 Å². The van der Waals surface area contributed by atoms with E-state index in [1.165, 1.54) is 12.1 Å². The van der Waals surface area contributed by atoms with E-state index < -0.39 is 12.1 Å². The molecule has 0 aliphatic rings. The van der Waals surface area contributed by atoms with Gasteiger partial charge in [0.25, 0.3) is 0 Å². The molecule has 5 heteroatoms. The molecule has 0 bridgehead atoms. The summed E-state index contributed by atoms with van der Waals surface area (Å²) in [6.07, 6.45) is -1.38. The van der Waals surface area contributed by atoms with Gasteiger partial charge in [0.05, 0.1) is 11.6 Å². The standard InChI is InChI=1S/C11H13ClO4/c1-3-16-11(15)10(14)7-4-6(2)9(13)8(12)5-7/h4-5,10,13-14H,3H2,1-2H3. The van der Waals surface area contributed by atoms with Gasteiger partial charge in [0.15, 0.2) is 6.10 Å². The molecule has 1 rings (SSSR count). The monoisotopic (exact) mass is 244 g/mol. The SMILES string of the molecule is CCOC(=O)C(O)c1cc(C)c(O)c(Cl)c1. The number of benzene rings is 1. The molecular weight excluding hydrogens is 232 g/mol. The van der Waals surface area contributed by atoms with E-state index in [-0.39, 0.29) is 17.4 Å². The Bertz CT molecular complexity index is 380. The van der Waals surface area contributed by atoms with Crippen LogP contribution in [0.1, 0.15) is 24.2 Å². The molecule has 1 aromatic carbocycles. The quantitative estimate of drug-likeness (QED) is 0.798. The Morgan fingerprint density at radius 3 is 2.69 bits per heavy atom. The van der Waals surface area contributed by atoms with E-state index in [0.29, 0.717) is 11.1 Å². The van der Waals surface area contributed by atoms with Crippen LogP contribution < -0.4 is 0 Å². The highest BCUT2D eigenvalue weighted by atomic mass is 35.5. The second-order valence-electron chi connectivity index (χ2n) is 3.32. The van der Waals surface area contributed by atoms with Crippen LogP contribution in [-0.2, 0) is 9.53 Å². The van der Waals surface area contributed by atoms with Crippen molar-refractivity contribution in [3.05, 3.63) is 28.3 Å². The first-order valence-electron chi connectivity index (χ1n) is 4.81. The van der Waals surface area contributed by atoms with Crippen LogP contribution in [0.3, 0.4) is 0 Å². The van der Waals surface area contributed by atoms with E-state index >= 15 is 0 Å². The van der Waals surface area contributed by atoms with Gasteiger partial charge < -0.3 is 14.9 Å². The molecule has 0 radical (unpaired) electrons. The van der Waals surface area contributed by atoms with Gasteiger partial charge in [-0.3, -0.25) is 0 Å². The van der Waals surface area contributed by atoms with Crippen LogP contribution in [0.4, 0.5) is 0 Å². The van der Waals surface area contributed by atoms with Gasteiger partial charge in [0.1, 0.15) is 5.75 Å². The van der Waals surface area contributed by atoms with E-state index in [9.17, 15) is 15.0 Å². The van der Waals surface area contributed by atoms with Crippen LogP contribution in [0.25, 0.3) is 0 Å². The van der Waals surface area contributed by atoms with E-state index in [0.717, 1.165) is 0 Å². The molecule has 0 spiro atoms. The average Bonchev–Trinajstić information content (AvgIpc) is 2.24. The summed E-state index contributed by atoms with van der Waals surface area (Å²) in [7, 11) is 0. The fraction of sp³-hybridized carbons (Fsp3) is 0.364. The molecule has 0 fully saturated rings. The van der Waals surface area contributed by atoms with Crippen molar-refractivity contribution >= 4 is 17.6 Å². The highest BCUT2D eigenvalue weighted by molar-refractivity contribution is 6.32. The minimum atomic E-state index is -1.38. The maximum Gasteiger partial charge on any atom is 0.339 e. The van der Waals surface area contributed by atoms with Gasteiger partial charge in [-0.05, 0) is 37.1 Å². The molecule has 88 valence electrons. The largest absolute Gasteiger partial charge is 0.506 e. The minimum absolute atomic E-state index is 0.0542. The maximum atomic E-state index is 11.3. The Kier molecular flexibility index (Phi) is 4.15. The summed E-state index contributed by atoms with van der Waals surface area (Å²) in [5.74, 6) is -0.787. The summed E-state index contributed by atoms with van der Waals surface area (Å²) >= 11 is 5.73. The third-order valence-corrected chi connectivity index (χ3v) is 2.39. The summed E-state index contributed by atoms with van der Waals surface area (Å²) in [4.78, 5) is 11.3. The van der Waals surface area contributed by atoms with Crippen molar-refractivity contribution < 1.29 is 19.7 Å². The molecule has 16 heavy (non-hydrogen) atoms. The fourth-order valence-electron chi connectivity index (χ4n) is 1.28. The van der Waals surface area contributed by atoms with E-state index in [1.54, 1.807) is 13.8 Å². The molecule has 1 aromatic rings. The van der Waals surface area contributed by atoms with Crippen molar-refractivity contribution in [1.82, 2.24) is 0 Å². The molecule has 2 N–H and O–H groups in total. The molecule has 0 aliphatic heterocycles. The number of aromatic hydroxyl groups is 1. The molecule has 0 aliphatic carbocycles. The number of hydrogen-bond acceptors (Lipinski definition) is 4. The third kappa shape index (κ3) is 2.65. The Labute approximate surface area is 98.4 Å². The first kappa shape index (κ1) is 12.8. The Morgan fingerprint density at radius 2 is 2.19 bits per heavy atom. The Morgan fingerprint density at radius 1 is 1.56 bits per heavy atom. The van der Waals surface area contributed by atoms with Crippen LogP contribution >= 0.6 is 11.6 Å². The fourth-order valence-corrected chi connectivity index (χ4v) is 1.55. The van der Waals surface area contributed by atoms with Gasteiger partial charge in [-0.15, -0.1) is 0 Å². The molecule has 0 amide bonds. The number of aryl methyl sites for hydroxylation is 1. The maximum absolute atomic E-state index is 11.3. The zero-order valence-electron chi connectivity index (χ0n) is 9.03. The normalized spacial score (nSPS) is 12.2. The first-order valence-corrected chi connectivity index (χ1v) is 5.18. The van der Waals surface area contributed by atoms with Crippen LogP contribution in [0.2, 0.25) is 5.02 Å². The van der Waals surface area contributed by atoms with Gasteiger partial charge >= 0.3 is 5.97 Å². The third-order valence-electron chi connectivity index (χ3n) is 2.10. The smallest absolute Gasteiger partial charge is 0.339 e. The zero-order chi connectivity index (χ0) is 12.3. The predicted octanol–water partition coefficient (Wildman–Crippen LogP) is 1.95. The number of carbonyl (C=O) groups excluding carboxylic acids is 1. The number of hydrogen-bond donors (Lipinski definition) is 2. The van der Waals surface area contributed by atoms with E-state index in [2.05, 4.69) is 4.74 Å². The summed E-state index contributed by atoms with van der Waals surface area (Å²) in [6.45, 7) is 3.48. The van der Waals surface area contributed by atoms with Crippen molar-refractivity contribution in [1.29, 1.82) is 0 Å². The minimum Gasteiger partial charge on any atom is -0.506 e. The number of aliphatic hydroxyl groups is 1. The predicted molar refractivity (Wildman–Crippen MR) is 59.4 cm³/mol. The highest BCUT2D eigenvalue weighted by Gasteiger charge is 2.20. The topological polar surface area (TPSA) is 66.8 Å². The van der Waals surface area contributed by atoms with Gasteiger partial charge in [-0.25, -0.2) is 4.79 Å². The number of ether oxygens (including phenoxy) is 1. The van der Waals surface area contributed by atoms with Crippen molar-refractivity contribution in [3.8, 4) is 5.75 Å². The summed E-state index contributed by atoms with van der Waals surface area (Å²) in [5, 5.41) is 19.2. The lowest BCUT2D eigenvalue weighted by Gasteiger charge is -2.12. The lowest BCUT2D eigenvalue weighted by Crippen LogP contribution is -2.15. The number of halogens is 1. The van der Waals surface area contributed by atoms with Crippen molar-refractivity contribution in [2.24, 2.45) is 0 Å². The molecule has 0 aromatic heterocycles. The molecule has 4 nitrogen and oxygen atoms in total. The second kappa shape index (κ2) is 5.18. The average molecular weight is 245 g/mol. The van der Waals surface area contributed by atoms with E-state index in [4.69, 9.17) is 11.6 Å². The van der Waals surface area contributed by atoms with Crippen LogP contribution in [-0.4, -0.2) is 22.8 Å². The second-order valence-corrected chi connectivity index (χ2v) is 3.73. The van der Waals surface area contributed by atoms with Crippen molar-refractivity contribution in [2.75, 3.05) is 6.61 Å². The molecule has 0 saturated heterocycles. The number of carbonyl (C=O) groups is 1. The summed E-state index contributed by atoms with van der Waals surface area (Å²) in [6, 6.07) is 2.83. The highest BCUT2D eigenvalue weighted by Crippen LogP contribution is 2.30. The molecular formula is C11H13ClO4. The van der Waals surface area contributed by atoms with E-state index in [1.807, 2.05) is 0 Å². The van der Waals surface area contributed by atoms with Gasteiger partial charge in [-0.1, -0.05) is 11.6 Å². The lowest BCUT2D eigenvalue weighted by atomic mass is 10.1. The Hall–Kier alpha value is -1.26. The van der Waals surface area contributed by atoms with Crippen molar-refractivity contribution in [2.45, 2.75) is 20.0 Å². The van der Waals surface area contributed by atoms with Crippen LogP contribution in [0.5, 0.6) is 5.75 Å². The summed E-state index contributed by atoms with van der Waals surface area (Å²) in [5.41, 5.74) is 0.796. The molecule has 1 atom stereocenters. The van der Waals surface area contributed by atoms with Crippen LogP contribution in [0.15, 0.2) is 12.1 Å². The van der Waals surface area contributed by atoms with Gasteiger partial charge in [0.2, 0.25) is 0 Å². The number of phenols is 1. The number of esters is 1. The zero-order valence-corrected chi connectivity index (χ0v) is 9.78. The molecule has 0 heterocycles. The lowest BCUT2D eigenvalue weighted by molar-refractivity contribution is -0.153. The van der Waals surface area contributed by atoms with Crippen LogP contribution in [0, 0.1) is 6.92 Å². The number of rotatable bonds is 3. The molecule has 0 saturated carbocycles. The number of phenolic OH excluding ortho intramolecular Hbond substituents is 1. The van der Waals surface area contributed by atoms with Crippen molar-refractivity contribution in [3.63, 3.8) is 0 Å². The Balaban J connectivity index is 3.01. The summed E-state index contributed by atoms with van der Waals surface area (Å²) < 4.78 is 4.67.